The fourth-order valence-electron chi connectivity index (χ4n) is 11.1. The molecule has 2 N–H and O–H groups in total. The largest absolute Gasteiger partial charge is 0.490 e. The molecule has 67 heavy (non-hydrogen) atoms. The minimum Gasteiger partial charge on any atom is -0.490 e. The summed E-state index contributed by atoms with van der Waals surface area (Å²) >= 11 is 0. The zero-order chi connectivity index (χ0) is 48.3. The Hall–Kier alpha value is -4.47. The fraction of sp³-hybridized carbons (Fsp3) is 0.603. The van der Waals surface area contributed by atoms with E-state index in [1.807, 2.05) is 31.2 Å². The van der Waals surface area contributed by atoms with Crippen LogP contribution in [-0.2, 0) is 20.9 Å². The van der Waals surface area contributed by atoms with Gasteiger partial charge < -0.3 is 24.6 Å². The Kier molecular flexibility index (Phi) is 18.4. The molecule has 366 valence electrons. The number of carbonyl (C=O) groups excluding carboxylic acids is 2. The zero-order valence-corrected chi connectivity index (χ0v) is 42.4. The van der Waals surface area contributed by atoms with E-state index in [-0.39, 0.29) is 30.5 Å². The summed E-state index contributed by atoms with van der Waals surface area (Å²) < 4.78 is 17.9. The van der Waals surface area contributed by atoms with Gasteiger partial charge in [-0.05, 0) is 184 Å². The second-order valence-electron chi connectivity index (χ2n) is 22.3. The van der Waals surface area contributed by atoms with Crippen LogP contribution in [0.2, 0.25) is 0 Å². The number of esters is 1. The number of ether oxygens (including phenoxy) is 3. The van der Waals surface area contributed by atoms with Crippen LogP contribution in [0.5, 0.6) is 11.5 Å². The van der Waals surface area contributed by atoms with Gasteiger partial charge in [-0.25, -0.2) is 0 Å². The maximum absolute atomic E-state index is 11.7. The zero-order valence-electron chi connectivity index (χ0n) is 42.4. The number of carbonyl (C=O) groups is 3. The number of aliphatic carboxylic acids is 1. The minimum atomic E-state index is -0.687. The third-order valence-electron chi connectivity index (χ3n) is 15.2. The van der Waals surface area contributed by atoms with Gasteiger partial charge in [-0.1, -0.05) is 90.1 Å². The first kappa shape index (κ1) is 51.9. The van der Waals surface area contributed by atoms with Gasteiger partial charge in [0, 0.05) is 31.5 Å². The van der Waals surface area contributed by atoms with E-state index in [0.717, 1.165) is 117 Å². The number of aryl methyl sites for hydroxylation is 2. The number of rotatable bonds is 12. The van der Waals surface area contributed by atoms with E-state index in [0.29, 0.717) is 35.3 Å². The first-order chi connectivity index (χ1) is 31.9. The number of aldehydes is 1. The Bertz CT molecular complexity index is 2250. The number of benzene rings is 4. The average molecular weight is 919 g/mol. The molecule has 4 aromatic carbocycles. The quantitative estimate of drug-likeness (QED) is 0.106. The molecule has 9 heteroatoms. The molecule has 0 radical (unpaired) electrons. The molecular formula is C58H82N2O7. The Labute approximate surface area is 402 Å². The summed E-state index contributed by atoms with van der Waals surface area (Å²) in [6, 6.07) is 21.0. The second kappa shape index (κ2) is 23.7. The van der Waals surface area contributed by atoms with Crippen molar-refractivity contribution in [1.82, 2.24) is 10.2 Å². The molecule has 4 aromatic rings. The lowest BCUT2D eigenvalue weighted by Gasteiger charge is -2.37. The van der Waals surface area contributed by atoms with Gasteiger partial charge in [-0.2, -0.15) is 0 Å². The van der Waals surface area contributed by atoms with E-state index in [9.17, 15) is 19.5 Å². The maximum Gasteiger partial charge on any atom is 0.306 e. The highest BCUT2D eigenvalue weighted by molar-refractivity contribution is 6.02. The summed E-state index contributed by atoms with van der Waals surface area (Å²) in [4.78, 5) is 36.2. The first-order valence-corrected chi connectivity index (χ1v) is 25.6. The van der Waals surface area contributed by atoms with Gasteiger partial charge in [0.15, 0.2) is 6.29 Å². The highest BCUT2D eigenvalue weighted by Crippen LogP contribution is 2.42. The summed E-state index contributed by atoms with van der Waals surface area (Å²) in [7, 11) is 0. The number of nitrogens with zero attached hydrogens (tertiary/aromatic N) is 1. The molecule has 2 saturated carbocycles. The summed E-state index contributed by atoms with van der Waals surface area (Å²) in [6.07, 6.45) is 13.7. The van der Waals surface area contributed by atoms with Crippen molar-refractivity contribution in [2.24, 2.45) is 34.5 Å². The van der Waals surface area contributed by atoms with Gasteiger partial charge in [0.2, 0.25) is 0 Å². The molecule has 9 nitrogen and oxygen atoms in total. The lowest BCUT2D eigenvalue weighted by molar-refractivity contribution is -0.144. The van der Waals surface area contributed by atoms with Crippen molar-refractivity contribution in [2.45, 2.75) is 158 Å². The minimum absolute atomic E-state index is 0.0544. The number of fused-ring (bicyclic) bond motifs is 2. The van der Waals surface area contributed by atoms with E-state index in [4.69, 9.17) is 14.2 Å². The topological polar surface area (TPSA) is 114 Å². The van der Waals surface area contributed by atoms with Crippen molar-refractivity contribution in [2.75, 3.05) is 32.8 Å². The van der Waals surface area contributed by atoms with E-state index in [1.54, 1.807) is 0 Å². The van der Waals surface area contributed by atoms with Gasteiger partial charge in [0.05, 0.1) is 24.4 Å². The van der Waals surface area contributed by atoms with Gasteiger partial charge >= 0.3 is 11.9 Å². The molecule has 2 aliphatic heterocycles. The molecule has 0 spiro atoms. The highest BCUT2D eigenvalue weighted by Gasteiger charge is 2.33. The predicted molar refractivity (Wildman–Crippen MR) is 272 cm³/mol. The standard InChI is InChI=1S/C28H39NO3.C22H28O2.C8H15NO2/c1-19-15-26(32-22-11-9-21(10-12-22)28(2,3)4)25(24-8-6-5-7-23(19)24)18-29-14-13-20(17-29)16-27(30)31;1-15-13-21(20(14-23)19-8-6-5-7-18(15)19)24-17-11-9-16(10-12-17)22(2,3)4;1-2-11-8(10)5-7-3-4-9-6-7/h5-8,15,20-22H,9-14,16-18H2,1-4H3,(H,30,31);5-8,13-14,16-17H,9-12H2,1-4H3;7,9H,2-6H2,1H3. The first-order valence-electron chi connectivity index (χ1n) is 25.6. The molecule has 2 unspecified atom stereocenters. The SMILES string of the molecule is CCOC(=O)CC1CCNC1.Cc1cc(OC2CCC(C(C)(C)C)CC2)c(C=O)c2ccccc12.Cc1cc(OC2CCC(C(C)(C)C)CC2)c(CN2CCC(CC(=O)O)C2)c2ccccc12. The number of carboxylic acids is 1. The summed E-state index contributed by atoms with van der Waals surface area (Å²) in [5.74, 6) is 3.34. The van der Waals surface area contributed by atoms with Crippen molar-refractivity contribution in [3.63, 3.8) is 0 Å². The molecule has 0 aromatic heterocycles. The smallest absolute Gasteiger partial charge is 0.306 e. The van der Waals surface area contributed by atoms with Crippen LogP contribution < -0.4 is 14.8 Å². The van der Waals surface area contributed by atoms with Crippen LogP contribution in [0.1, 0.15) is 153 Å². The third-order valence-corrected chi connectivity index (χ3v) is 15.2. The van der Waals surface area contributed by atoms with Crippen LogP contribution in [0, 0.1) is 48.3 Å². The van der Waals surface area contributed by atoms with Crippen LogP contribution >= 0.6 is 0 Å². The number of nitrogens with one attached hydrogen (secondary N) is 1. The van der Waals surface area contributed by atoms with Crippen molar-refractivity contribution >= 4 is 39.8 Å². The van der Waals surface area contributed by atoms with E-state index in [2.05, 4.69) is 102 Å². The fourth-order valence-corrected chi connectivity index (χ4v) is 11.1. The molecule has 2 atom stereocenters. The second-order valence-corrected chi connectivity index (χ2v) is 22.3. The van der Waals surface area contributed by atoms with E-state index < -0.39 is 5.97 Å². The van der Waals surface area contributed by atoms with Crippen molar-refractivity contribution in [3.8, 4) is 11.5 Å². The lowest BCUT2D eigenvalue weighted by Crippen LogP contribution is -2.31. The van der Waals surface area contributed by atoms with Crippen LogP contribution in [0.4, 0.5) is 0 Å². The molecule has 2 heterocycles. The van der Waals surface area contributed by atoms with Crippen LogP contribution in [-0.4, -0.2) is 73.2 Å². The van der Waals surface area contributed by atoms with Crippen LogP contribution in [0.15, 0.2) is 60.7 Å². The predicted octanol–water partition coefficient (Wildman–Crippen LogP) is 12.9. The van der Waals surface area contributed by atoms with Crippen LogP contribution in [0.3, 0.4) is 0 Å². The van der Waals surface area contributed by atoms with E-state index in [1.165, 1.54) is 47.6 Å². The van der Waals surface area contributed by atoms with Crippen molar-refractivity contribution in [1.29, 1.82) is 0 Å². The summed E-state index contributed by atoms with van der Waals surface area (Å²) in [5.41, 5.74) is 5.12. The van der Waals surface area contributed by atoms with Gasteiger partial charge in [-0.3, -0.25) is 19.3 Å². The molecule has 2 aliphatic carbocycles. The Morgan fingerprint density at radius 3 is 1.73 bits per heavy atom. The number of likely N-dealkylation sites (tertiary alicyclic amines) is 1. The molecular weight excluding hydrogens is 837 g/mol. The number of hydrogen-bond donors (Lipinski definition) is 2. The van der Waals surface area contributed by atoms with Crippen LogP contribution in [0.25, 0.3) is 21.5 Å². The Morgan fingerprint density at radius 2 is 1.22 bits per heavy atom. The normalized spacial score (nSPS) is 23.4. The summed E-state index contributed by atoms with van der Waals surface area (Å²) in [5, 5.41) is 17.1. The van der Waals surface area contributed by atoms with Gasteiger partial charge in [0.1, 0.15) is 11.5 Å². The van der Waals surface area contributed by atoms with Gasteiger partial charge in [-0.15, -0.1) is 0 Å². The highest BCUT2D eigenvalue weighted by atomic mass is 16.5. The number of carboxylic acid groups (broad SMARTS) is 1. The molecule has 0 bridgehead atoms. The number of hydrogen-bond acceptors (Lipinski definition) is 8. The van der Waals surface area contributed by atoms with Crippen molar-refractivity contribution < 1.29 is 33.7 Å². The maximum atomic E-state index is 11.7. The van der Waals surface area contributed by atoms with Crippen molar-refractivity contribution in [3.05, 3.63) is 82.9 Å². The average Bonchev–Trinajstić information content (AvgIpc) is 3.97. The monoisotopic (exact) mass is 919 g/mol. The Morgan fingerprint density at radius 1 is 0.701 bits per heavy atom. The molecule has 8 rings (SSSR count). The lowest BCUT2D eigenvalue weighted by atomic mass is 9.72. The van der Waals surface area contributed by atoms with E-state index >= 15 is 0 Å². The third kappa shape index (κ3) is 14.5. The molecule has 4 aliphatic rings. The molecule has 0 amide bonds. The molecule has 2 saturated heterocycles. The Balaban J connectivity index is 0.000000185. The summed E-state index contributed by atoms with van der Waals surface area (Å²) in [6.45, 7) is 25.3. The molecule has 4 fully saturated rings. The van der Waals surface area contributed by atoms with Gasteiger partial charge in [0.25, 0.3) is 0 Å².